The van der Waals surface area contributed by atoms with Gasteiger partial charge in [-0.05, 0) is 44.4 Å². The normalized spacial score (nSPS) is 11.2. The molecule has 0 radical (unpaired) electrons. The first kappa shape index (κ1) is 18.3. The van der Waals surface area contributed by atoms with E-state index < -0.39 is 0 Å². The molecule has 1 N–H and O–H groups in total. The molecule has 2 heterocycles. The van der Waals surface area contributed by atoms with Gasteiger partial charge in [-0.2, -0.15) is 0 Å². The van der Waals surface area contributed by atoms with Crippen LogP contribution in [0.3, 0.4) is 0 Å². The Kier molecular flexibility index (Phi) is 6.67. The highest BCUT2D eigenvalue weighted by Gasteiger charge is 2.16. The first-order chi connectivity index (χ1) is 11.5. The highest BCUT2D eigenvalue weighted by molar-refractivity contribution is 5.95. The number of hydrogen-bond acceptors (Lipinski definition) is 3. The molecule has 0 spiro atoms. The van der Waals surface area contributed by atoms with Crippen LogP contribution < -0.4 is 5.32 Å². The van der Waals surface area contributed by atoms with E-state index in [9.17, 15) is 4.79 Å². The Morgan fingerprint density at radius 3 is 2.83 bits per heavy atom. The second-order valence-electron chi connectivity index (χ2n) is 6.53. The number of furan rings is 1. The molecule has 0 aliphatic heterocycles. The highest BCUT2D eigenvalue weighted by atomic mass is 16.5. The summed E-state index contributed by atoms with van der Waals surface area (Å²) in [5, 5.41) is 2.97. The summed E-state index contributed by atoms with van der Waals surface area (Å²) in [6.45, 7) is 10.9. The Morgan fingerprint density at radius 2 is 2.17 bits per heavy atom. The average molecular weight is 332 g/mol. The molecule has 5 heteroatoms. The molecule has 0 aliphatic rings. The number of amides is 1. The van der Waals surface area contributed by atoms with Gasteiger partial charge in [0.2, 0.25) is 0 Å². The standard InChI is InChI=1S/C19H28N2O3/c1-14(2)13-23-9-6-8-20-19(22)18-11-15(3)21(16(18)4)12-17-7-5-10-24-17/h5,7,10-11,14H,6,8-9,12-13H2,1-4H3,(H,20,22). The molecule has 0 aromatic carbocycles. The summed E-state index contributed by atoms with van der Waals surface area (Å²) in [6, 6.07) is 5.75. The van der Waals surface area contributed by atoms with Crippen LogP contribution in [-0.2, 0) is 11.3 Å². The summed E-state index contributed by atoms with van der Waals surface area (Å²) >= 11 is 0. The summed E-state index contributed by atoms with van der Waals surface area (Å²) in [5.41, 5.74) is 2.73. The van der Waals surface area contributed by atoms with Gasteiger partial charge in [-0.15, -0.1) is 0 Å². The van der Waals surface area contributed by atoms with Gasteiger partial charge in [-0.3, -0.25) is 4.79 Å². The predicted molar refractivity (Wildman–Crippen MR) is 94.3 cm³/mol. The monoisotopic (exact) mass is 332 g/mol. The lowest BCUT2D eigenvalue weighted by atomic mass is 10.2. The van der Waals surface area contributed by atoms with Crippen LogP contribution in [0.15, 0.2) is 28.9 Å². The average Bonchev–Trinajstić information content (AvgIpc) is 3.14. The minimum Gasteiger partial charge on any atom is -0.467 e. The molecule has 132 valence electrons. The number of rotatable bonds is 9. The van der Waals surface area contributed by atoms with E-state index in [1.54, 1.807) is 6.26 Å². The van der Waals surface area contributed by atoms with Crippen LogP contribution in [0.4, 0.5) is 0 Å². The molecular weight excluding hydrogens is 304 g/mol. The van der Waals surface area contributed by atoms with Crippen molar-refractivity contribution >= 4 is 5.91 Å². The van der Waals surface area contributed by atoms with Crippen molar-refractivity contribution in [2.75, 3.05) is 19.8 Å². The second kappa shape index (κ2) is 8.73. The third-order valence-corrected chi connectivity index (χ3v) is 3.91. The molecular formula is C19H28N2O3. The van der Waals surface area contributed by atoms with Crippen LogP contribution >= 0.6 is 0 Å². The SMILES string of the molecule is Cc1cc(C(=O)NCCCOCC(C)C)c(C)n1Cc1ccco1. The maximum absolute atomic E-state index is 12.4. The molecule has 2 rings (SSSR count). The van der Waals surface area contributed by atoms with Crippen molar-refractivity contribution in [1.82, 2.24) is 9.88 Å². The van der Waals surface area contributed by atoms with E-state index in [1.165, 1.54) is 0 Å². The smallest absolute Gasteiger partial charge is 0.253 e. The first-order valence-corrected chi connectivity index (χ1v) is 8.54. The zero-order valence-electron chi connectivity index (χ0n) is 15.1. The lowest BCUT2D eigenvalue weighted by molar-refractivity contribution is 0.0924. The molecule has 2 aromatic rings. The van der Waals surface area contributed by atoms with Crippen molar-refractivity contribution in [2.45, 2.75) is 40.7 Å². The van der Waals surface area contributed by atoms with Crippen LogP contribution in [-0.4, -0.2) is 30.2 Å². The molecule has 5 nitrogen and oxygen atoms in total. The van der Waals surface area contributed by atoms with Gasteiger partial charge in [0, 0.05) is 31.1 Å². The molecule has 24 heavy (non-hydrogen) atoms. The number of nitrogens with zero attached hydrogens (tertiary/aromatic N) is 1. The van der Waals surface area contributed by atoms with E-state index in [0.29, 0.717) is 25.6 Å². The van der Waals surface area contributed by atoms with Crippen molar-refractivity contribution in [1.29, 1.82) is 0 Å². The summed E-state index contributed by atoms with van der Waals surface area (Å²) < 4.78 is 13.0. The van der Waals surface area contributed by atoms with Gasteiger partial charge in [-0.25, -0.2) is 0 Å². The maximum Gasteiger partial charge on any atom is 0.253 e. The molecule has 1 amide bonds. The number of carbonyl (C=O) groups excluding carboxylic acids is 1. The van der Waals surface area contributed by atoms with Crippen molar-refractivity contribution in [2.24, 2.45) is 5.92 Å². The molecule has 0 fully saturated rings. The third kappa shape index (κ3) is 4.99. The number of nitrogens with one attached hydrogen (secondary N) is 1. The van der Waals surface area contributed by atoms with Crippen LogP contribution in [0.1, 0.15) is 47.8 Å². The van der Waals surface area contributed by atoms with Gasteiger partial charge >= 0.3 is 0 Å². The molecule has 0 bridgehead atoms. The van der Waals surface area contributed by atoms with E-state index in [-0.39, 0.29) is 5.91 Å². The van der Waals surface area contributed by atoms with E-state index in [0.717, 1.165) is 35.7 Å². The quantitative estimate of drug-likeness (QED) is 0.715. The Labute approximate surface area is 144 Å². The third-order valence-electron chi connectivity index (χ3n) is 3.91. The number of ether oxygens (including phenoxy) is 1. The largest absolute Gasteiger partial charge is 0.467 e. The lowest BCUT2D eigenvalue weighted by Crippen LogP contribution is -2.26. The van der Waals surface area contributed by atoms with E-state index in [2.05, 4.69) is 23.7 Å². The van der Waals surface area contributed by atoms with Crippen LogP contribution in [0.25, 0.3) is 0 Å². The van der Waals surface area contributed by atoms with Gasteiger partial charge < -0.3 is 19.0 Å². The minimum atomic E-state index is -0.0299. The zero-order valence-corrected chi connectivity index (χ0v) is 15.1. The van der Waals surface area contributed by atoms with Gasteiger partial charge in [-0.1, -0.05) is 13.8 Å². The van der Waals surface area contributed by atoms with Crippen molar-refractivity contribution in [3.8, 4) is 0 Å². The summed E-state index contributed by atoms with van der Waals surface area (Å²) in [4.78, 5) is 12.4. The van der Waals surface area contributed by atoms with Crippen molar-refractivity contribution in [3.05, 3.63) is 47.2 Å². The molecule has 0 aliphatic carbocycles. The van der Waals surface area contributed by atoms with E-state index in [1.807, 2.05) is 32.0 Å². The van der Waals surface area contributed by atoms with Crippen LogP contribution in [0.2, 0.25) is 0 Å². The highest BCUT2D eigenvalue weighted by Crippen LogP contribution is 2.17. The fourth-order valence-electron chi connectivity index (χ4n) is 2.62. The molecule has 0 unspecified atom stereocenters. The van der Waals surface area contributed by atoms with Gasteiger partial charge in [0.15, 0.2) is 0 Å². The topological polar surface area (TPSA) is 56.4 Å². The predicted octanol–water partition coefficient (Wildman–Crippen LogP) is 3.54. The molecule has 0 atom stereocenters. The summed E-state index contributed by atoms with van der Waals surface area (Å²) in [7, 11) is 0. The summed E-state index contributed by atoms with van der Waals surface area (Å²) in [6.07, 6.45) is 2.49. The fraction of sp³-hybridized carbons (Fsp3) is 0.526. The van der Waals surface area contributed by atoms with Gasteiger partial charge in [0.1, 0.15) is 5.76 Å². The van der Waals surface area contributed by atoms with Crippen molar-refractivity contribution in [3.63, 3.8) is 0 Å². The maximum atomic E-state index is 12.4. The Morgan fingerprint density at radius 1 is 1.38 bits per heavy atom. The Balaban J connectivity index is 1.86. The fourth-order valence-corrected chi connectivity index (χ4v) is 2.62. The van der Waals surface area contributed by atoms with Gasteiger partial charge in [0.25, 0.3) is 5.91 Å². The van der Waals surface area contributed by atoms with E-state index in [4.69, 9.17) is 9.15 Å². The zero-order chi connectivity index (χ0) is 17.5. The summed E-state index contributed by atoms with van der Waals surface area (Å²) in [5.74, 6) is 1.39. The molecule has 0 saturated heterocycles. The number of hydrogen-bond donors (Lipinski definition) is 1. The number of carbonyl (C=O) groups is 1. The first-order valence-electron chi connectivity index (χ1n) is 8.54. The van der Waals surface area contributed by atoms with Crippen LogP contribution in [0.5, 0.6) is 0 Å². The van der Waals surface area contributed by atoms with Gasteiger partial charge in [0.05, 0.1) is 18.4 Å². The lowest BCUT2D eigenvalue weighted by Gasteiger charge is -2.09. The second-order valence-corrected chi connectivity index (χ2v) is 6.53. The molecule has 2 aromatic heterocycles. The minimum absolute atomic E-state index is 0.0299. The number of aromatic nitrogens is 1. The number of aryl methyl sites for hydroxylation is 1. The Bertz CT molecular complexity index is 642. The van der Waals surface area contributed by atoms with Crippen LogP contribution in [0, 0.1) is 19.8 Å². The Hall–Kier alpha value is -2.01. The van der Waals surface area contributed by atoms with Crippen molar-refractivity contribution < 1.29 is 13.9 Å². The molecule has 0 saturated carbocycles. The van der Waals surface area contributed by atoms with E-state index >= 15 is 0 Å².